The molecule has 9 aromatic rings. The molecule has 3 heterocycles. The molecule has 0 atom stereocenters. The number of fused-ring (bicyclic) bond motifs is 7. The van der Waals surface area contributed by atoms with E-state index >= 15 is 0 Å². The number of benzene rings is 6. The van der Waals surface area contributed by atoms with Crippen LogP contribution in [0.2, 0.25) is 0 Å². The van der Waals surface area contributed by atoms with E-state index in [-0.39, 0.29) is 0 Å². The number of hydrogen-bond donors (Lipinski definition) is 0. The molecule has 0 aliphatic carbocycles. The van der Waals surface area contributed by atoms with E-state index in [9.17, 15) is 0 Å². The molecule has 3 nitrogen and oxygen atoms in total. The molecule has 44 heavy (non-hydrogen) atoms. The van der Waals surface area contributed by atoms with E-state index in [4.69, 9.17) is 0 Å². The summed E-state index contributed by atoms with van der Waals surface area (Å²) in [5.74, 6) is 0. The Morgan fingerprint density at radius 1 is 0.409 bits per heavy atom. The zero-order chi connectivity index (χ0) is 29.0. The zero-order valence-electron chi connectivity index (χ0n) is 23.9. The summed E-state index contributed by atoms with van der Waals surface area (Å²) in [6, 6.07) is 54.5. The number of rotatable bonds is 4. The van der Waals surface area contributed by atoms with E-state index in [0.29, 0.717) is 0 Å². The quantitative estimate of drug-likeness (QED) is 0.210. The van der Waals surface area contributed by atoms with Crippen LogP contribution in [0.25, 0.3) is 77.2 Å². The van der Waals surface area contributed by atoms with Crippen molar-refractivity contribution < 1.29 is 0 Å². The van der Waals surface area contributed by atoms with Crippen LogP contribution < -0.4 is 0 Å². The number of aromatic nitrogens is 3. The molecule has 206 valence electrons. The third-order valence-corrected chi connectivity index (χ3v) is 8.80. The van der Waals surface area contributed by atoms with Gasteiger partial charge in [0.15, 0.2) is 0 Å². The van der Waals surface area contributed by atoms with E-state index in [1.54, 1.807) is 0 Å². The summed E-state index contributed by atoms with van der Waals surface area (Å²) in [7, 11) is 0. The first-order valence-electron chi connectivity index (χ1n) is 15.0. The molecule has 0 spiro atoms. The monoisotopic (exact) mass is 561 g/mol. The lowest BCUT2D eigenvalue weighted by Gasteiger charge is -2.13. The van der Waals surface area contributed by atoms with E-state index in [0.717, 1.165) is 11.4 Å². The lowest BCUT2D eigenvalue weighted by molar-refractivity contribution is 1.14. The van der Waals surface area contributed by atoms with Crippen molar-refractivity contribution >= 4 is 43.6 Å². The van der Waals surface area contributed by atoms with Crippen LogP contribution >= 0.6 is 0 Å². The minimum absolute atomic E-state index is 1.06. The highest BCUT2D eigenvalue weighted by molar-refractivity contribution is 6.26. The van der Waals surface area contributed by atoms with Crippen molar-refractivity contribution in [3.8, 4) is 33.6 Å². The maximum absolute atomic E-state index is 4.49. The fourth-order valence-electron chi connectivity index (χ4n) is 6.96. The summed E-state index contributed by atoms with van der Waals surface area (Å²) >= 11 is 0. The first-order chi connectivity index (χ1) is 21.9. The second-order valence-corrected chi connectivity index (χ2v) is 11.2. The van der Waals surface area contributed by atoms with Crippen LogP contribution in [0.15, 0.2) is 164 Å². The number of pyridine rings is 1. The van der Waals surface area contributed by atoms with Gasteiger partial charge < -0.3 is 9.13 Å². The van der Waals surface area contributed by atoms with Crippen molar-refractivity contribution in [1.82, 2.24) is 14.1 Å². The predicted molar refractivity (Wildman–Crippen MR) is 184 cm³/mol. The van der Waals surface area contributed by atoms with Crippen LogP contribution in [0.5, 0.6) is 0 Å². The minimum Gasteiger partial charge on any atom is -0.309 e. The fraction of sp³-hybridized carbons (Fsp3) is 0. The molecular weight excluding hydrogens is 534 g/mol. The molecule has 3 heteroatoms. The number of hydrogen-bond acceptors (Lipinski definition) is 1. The van der Waals surface area contributed by atoms with Crippen molar-refractivity contribution in [3.63, 3.8) is 0 Å². The van der Waals surface area contributed by atoms with Crippen molar-refractivity contribution in [2.45, 2.75) is 0 Å². The molecule has 0 unspecified atom stereocenters. The smallest absolute Gasteiger partial charge is 0.0645 e. The van der Waals surface area contributed by atoms with Gasteiger partial charge in [-0.2, -0.15) is 0 Å². The second-order valence-electron chi connectivity index (χ2n) is 11.2. The Morgan fingerprint density at radius 3 is 1.86 bits per heavy atom. The van der Waals surface area contributed by atoms with Gasteiger partial charge >= 0.3 is 0 Å². The van der Waals surface area contributed by atoms with Gasteiger partial charge in [0.25, 0.3) is 0 Å². The molecule has 0 radical (unpaired) electrons. The SMILES string of the molecule is c1ccc(-c2ccccc2-c2cccc(-n3c4ccccc4c4c3ccc3c5ccccc5n(-c5cccnc5)c34)c2)cc1. The van der Waals surface area contributed by atoms with E-state index in [1.807, 2.05) is 18.5 Å². The molecule has 0 aliphatic heterocycles. The standard InChI is InChI=1S/C41H27N3/c1-2-12-28(13-3-1)32-17-4-5-18-33(32)29-14-10-15-30(26-29)43-38-22-9-7-20-36(38)40-39(43)24-23-35-34-19-6-8-21-37(34)44(41(35)40)31-16-11-25-42-27-31/h1-27H. The summed E-state index contributed by atoms with van der Waals surface area (Å²) in [5, 5.41) is 4.96. The Hall–Kier alpha value is -5.93. The predicted octanol–water partition coefficient (Wildman–Crippen LogP) is 10.6. The van der Waals surface area contributed by atoms with E-state index < -0.39 is 0 Å². The molecule has 6 aromatic carbocycles. The van der Waals surface area contributed by atoms with Gasteiger partial charge in [0.05, 0.1) is 34.0 Å². The highest BCUT2D eigenvalue weighted by Crippen LogP contribution is 2.42. The average Bonchev–Trinajstić information content (AvgIpc) is 3.62. The van der Waals surface area contributed by atoms with Gasteiger partial charge in [-0.25, -0.2) is 0 Å². The minimum atomic E-state index is 1.06. The maximum Gasteiger partial charge on any atom is 0.0645 e. The molecule has 0 bridgehead atoms. The average molecular weight is 562 g/mol. The highest BCUT2D eigenvalue weighted by atomic mass is 15.0. The molecule has 0 saturated heterocycles. The van der Waals surface area contributed by atoms with Gasteiger partial charge in [0.2, 0.25) is 0 Å². The third kappa shape index (κ3) is 3.66. The summed E-state index contributed by atoms with van der Waals surface area (Å²) in [6.07, 6.45) is 3.79. The van der Waals surface area contributed by atoms with Crippen molar-refractivity contribution in [1.29, 1.82) is 0 Å². The Labute approximate surface area is 254 Å². The lowest BCUT2D eigenvalue weighted by atomic mass is 9.94. The summed E-state index contributed by atoms with van der Waals surface area (Å²) in [4.78, 5) is 4.49. The molecule has 0 aliphatic rings. The normalized spacial score (nSPS) is 11.6. The second kappa shape index (κ2) is 9.82. The molecular formula is C41H27N3. The van der Waals surface area contributed by atoms with Crippen LogP contribution in [-0.2, 0) is 0 Å². The van der Waals surface area contributed by atoms with Gasteiger partial charge in [-0.15, -0.1) is 0 Å². The Bertz CT molecular complexity index is 2480. The van der Waals surface area contributed by atoms with E-state index in [1.165, 1.54) is 65.9 Å². The van der Waals surface area contributed by atoms with Crippen LogP contribution in [0.3, 0.4) is 0 Å². The lowest BCUT2D eigenvalue weighted by Crippen LogP contribution is -1.96. The largest absolute Gasteiger partial charge is 0.309 e. The first-order valence-corrected chi connectivity index (χ1v) is 15.0. The summed E-state index contributed by atoms with van der Waals surface area (Å²) < 4.78 is 4.80. The van der Waals surface area contributed by atoms with Gasteiger partial charge in [-0.3, -0.25) is 4.98 Å². The zero-order valence-corrected chi connectivity index (χ0v) is 23.9. The van der Waals surface area contributed by atoms with Crippen LogP contribution in [-0.4, -0.2) is 14.1 Å². The van der Waals surface area contributed by atoms with Gasteiger partial charge in [0, 0.05) is 33.4 Å². The van der Waals surface area contributed by atoms with Crippen molar-refractivity contribution in [2.75, 3.05) is 0 Å². The number of para-hydroxylation sites is 2. The van der Waals surface area contributed by atoms with E-state index in [2.05, 4.69) is 160 Å². The molecule has 3 aromatic heterocycles. The third-order valence-electron chi connectivity index (χ3n) is 8.80. The van der Waals surface area contributed by atoms with Crippen molar-refractivity contribution in [2.24, 2.45) is 0 Å². The van der Waals surface area contributed by atoms with Gasteiger partial charge in [0.1, 0.15) is 0 Å². The Morgan fingerprint density at radius 2 is 1.07 bits per heavy atom. The molecule has 0 amide bonds. The van der Waals surface area contributed by atoms with Crippen LogP contribution in [0, 0.1) is 0 Å². The Kier molecular flexibility index (Phi) is 5.50. The molecule has 0 N–H and O–H groups in total. The molecule has 0 fully saturated rings. The summed E-state index contributed by atoms with van der Waals surface area (Å²) in [5.41, 5.74) is 11.8. The molecule has 0 saturated carbocycles. The number of nitrogens with zero attached hydrogens (tertiary/aromatic N) is 3. The highest BCUT2D eigenvalue weighted by Gasteiger charge is 2.21. The van der Waals surface area contributed by atoms with Crippen LogP contribution in [0.4, 0.5) is 0 Å². The summed E-state index contributed by atoms with van der Waals surface area (Å²) in [6.45, 7) is 0. The van der Waals surface area contributed by atoms with Gasteiger partial charge in [-0.05, 0) is 64.7 Å². The van der Waals surface area contributed by atoms with Crippen LogP contribution in [0.1, 0.15) is 0 Å². The first kappa shape index (κ1) is 24.6. The fourth-order valence-corrected chi connectivity index (χ4v) is 6.96. The maximum atomic E-state index is 4.49. The molecule has 9 rings (SSSR count). The topological polar surface area (TPSA) is 22.8 Å². The van der Waals surface area contributed by atoms with Gasteiger partial charge in [-0.1, -0.05) is 109 Å². The Balaban J connectivity index is 1.36. The van der Waals surface area contributed by atoms with Crippen molar-refractivity contribution in [3.05, 3.63) is 164 Å².